The van der Waals surface area contributed by atoms with E-state index in [1.54, 1.807) is 0 Å². The Bertz CT molecular complexity index is 395. The van der Waals surface area contributed by atoms with Crippen LogP contribution in [0.4, 0.5) is 0 Å². The van der Waals surface area contributed by atoms with Gasteiger partial charge in [0, 0.05) is 13.5 Å². The third-order valence-electron chi connectivity index (χ3n) is 3.93. The molecule has 1 fully saturated rings. The molecule has 1 rings (SSSR count). The Morgan fingerprint density at radius 1 is 1.42 bits per heavy atom. The number of hydrogen-bond acceptors (Lipinski definition) is 3. The topological polar surface area (TPSA) is 70.0 Å². The molecular weight excluding hydrogens is 240 g/mol. The number of nitriles is 1. The van der Waals surface area contributed by atoms with Crippen LogP contribution in [0.5, 0.6) is 0 Å². The largest absolute Gasteiger partial charge is 0.358 e. The van der Waals surface area contributed by atoms with E-state index in [2.05, 4.69) is 26.1 Å². The fourth-order valence-corrected chi connectivity index (χ4v) is 3.52. The maximum atomic E-state index is 12.1. The van der Waals surface area contributed by atoms with Crippen molar-refractivity contribution >= 4 is 11.7 Å². The van der Waals surface area contributed by atoms with Crippen molar-refractivity contribution in [2.24, 2.45) is 23.2 Å². The van der Waals surface area contributed by atoms with Crippen molar-refractivity contribution in [3.63, 3.8) is 0 Å². The molecule has 0 aromatic carbocycles. The first-order chi connectivity index (χ1) is 8.79. The lowest BCUT2D eigenvalue weighted by molar-refractivity contribution is -0.132. The van der Waals surface area contributed by atoms with E-state index in [1.807, 2.05) is 6.07 Å². The highest BCUT2D eigenvalue weighted by Crippen LogP contribution is 2.43. The van der Waals surface area contributed by atoms with Crippen molar-refractivity contribution in [2.45, 2.75) is 46.5 Å². The van der Waals surface area contributed by atoms with Gasteiger partial charge in [-0.15, -0.1) is 0 Å². The van der Waals surface area contributed by atoms with Gasteiger partial charge in [0.1, 0.15) is 0 Å². The second-order valence-corrected chi connectivity index (χ2v) is 6.63. The van der Waals surface area contributed by atoms with Crippen molar-refractivity contribution < 1.29 is 9.59 Å². The van der Waals surface area contributed by atoms with Gasteiger partial charge in [0.05, 0.1) is 6.07 Å². The van der Waals surface area contributed by atoms with Crippen LogP contribution in [0.25, 0.3) is 0 Å². The maximum absolute atomic E-state index is 12.1. The molecular formula is C15H24N2O2. The molecule has 19 heavy (non-hydrogen) atoms. The molecule has 1 N–H and O–H groups in total. The Balaban J connectivity index is 2.66. The maximum Gasteiger partial charge on any atom is 0.244 e. The Morgan fingerprint density at radius 2 is 2.05 bits per heavy atom. The lowest BCUT2D eigenvalue weighted by atomic mass is 9.66. The second-order valence-electron chi connectivity index (χ2n) is 6.63. The van der Waals surface area contributed by atoms with Gasteiger partial charge in [0.2, 0.25) is 5.91 Å². The smallest absolute Gasteiger partial charge is 0.244 e. The second kappa shape index (κ2) is 6.18. The van der Waals surface area contributed by atoms with Gasteiger partial charge in [-0.2, -0.15) is 5.26 Å². The van der Waals surface area contributed by atoms with Crippen LogP contribution in [0.1, 0.15) is 46.5 Å². The van der Waals surface area contributed by atoms with E-state index < -0.39 is 11.8 Å². The summed E-state index contributed by atoms with van der Waals surface area (Å²) in [5, 5.41) is 11.3. The highest BCUT2D eigenvalue weighted by molar-refractivity contribution is 6.03. The third-order valence-corrected chi connectivity index (χ3v) is 3.93. The average Bonchev–Trinajstić information content (AvgIpc) is 2.26. The van der Waals surface area contributed by atoms with Gasteiger partial charge in [-0.25, -0.2) is 0 Å². The average molecular weight is 264 g/mol. The lowest BCUT2D eigenvalue weighted by Gasteiger charge is -2.39. The summed E-state index contributed by atoms with van der Waals surface area (Å²) in [5.41, 5.74) is 0.248. The van der Waals surface area contributed by atoms with E-state index in [1.165, 1.54) is 13.5 Å². The minimum atomic E-state index is -1.15. The monoisotopic (exact) mass is 264 g/mol. The first kappa shape index (κ1) is 15.7. The van der Waals surface area contributed by atoms with Crippen molar-refractivity contribution in [2.75, 3.05) is 7.05 Å². The molecule has 0 aromatic heterocycles. The minimum absolute atomic E-state index is 0.239. The Labute approximate surface area is 115 Å². The van der Waals surface area contributed by atoms with E-state index in [-0.39, 0.29) is 11.2 Å². The van der Waals surface area contributed by atoms with Crippen molar-refractivity contribution in [1.82, 2.24) is 5.32 Å². The quantitative estimate of drug-likeness (QED) is 0.792. The lowest BCUT2D eigenvalue weighted by Crippen LogP contribution is -2.35. The normalized spacial score (nSPS) is 27.1. The van der Waals surface area contributed by atoms with Crippen molar-refractivity contribution in [1.29, 1.82) is 5.26 Å². The van der Waals surface area contributed by atoms with E-state index >= 15 is 0 Å². The van der Waals surface area contributed by atoms with Gasteiger partial charge in [0.15, 0.2) is 11.7 Å². The van der Waals surface area contributed by atoms with Crippen LogP contribution in [0.15, 0.2) is 0 Å². The minimum Gasteiger partial charge on any atom is -0.358 e. The first-order valence-corrected chi connectivity index (χ1v) is 6.93. The molecule has 0 saturated heterocycles. The molecule has 0 aliphatic heterocycles. The number of hydrogen-bond donors (Lipinski definition) is 1. The molecule has 0 aromatic rings. The number of carbonyl (C=O) groups excluding carboxylic acids is 2. The summed E-state index contributed by atoms with van der Waals surface area (Å²) in [6.07, 6.45) is 3.53. The molecule has 1 saturated carbocycles. The van der Waals surface area contributed by atoms with E-state index in [4.69, 9.17) is 5.26 Å². The van der Waals surface area contributed by atoms with Crippen LogP contribution in [-0.4, -0.2) is 18.7 Å². The Hall–Kier alpha value is -1.37. The molecule has 3 atom stereocenters. The zero-order valence-electron chi connectivity index (χ0n) is 12.3. The molecule has 1 aliphatic rings. The van der Waals surface area contributed by atoms with Crippen molar-refractivity contribution in [3.8, 4) is 6.07 Å². The van der Waals surface area contributed by atoms with Gasteiger partial charge < -0.3 is 5.32 Å². The zero-order chi connectivity index (χ0) is 14.6. The predicted molar refractivity (Wildman–Crippen MR) is 73.1 cm³/mol. The molecule has 1 amide bonds. The summed E-state index contributed by atoms with van der Waals surface area (Å²) < 4.78 is 0. The van der Waals surface area contributed by atoms with Gasteiger partial charge >= 0.3 is 0 Å². The number of nitrogens with one attached hydrogen (secondary N) is 1. The molecule has 0 bridgehead atoms. The summed E-state index contributed by atoms with van der Waals surface area (Å²) in [6, 6.07) is 1.81. The van der Waals surface area contributed by atoms with Gasteiger partial charge in [0.25, 0.3) is 0 Å². The fraction of sp³-hybridized carbons (Fsp3) is 0.800. The molecule has 4 nitrogen and oxygen atoms in total. The summed E-state index contributed by atoms with van der Waals surface area (Å²) in [7, 11) is 1.45. The summed E-state index contributed by atoms with van der Waals surface area (Å²) in [5.74, 6) is -0.980. The molecule has 0 unspecified atom stereocenters. The van der Waals surface area contributed by atoms with Gasteiger partial charge in [-0.3, -0.25) is 9.59 Å². The van der Waals surface area contributed by atoms with Gasteiger partial charge in [-0.05, 0) is 36.5 Å². The van der Waals surface area contributed by atoms with Crippen LogP contribution in [0.3, 0.4) is 0 Å². The SMILES string of the molecule is CNC(=O)[C@H](C#N)C(=O)C[C@@H]1C[C@H](C)CC(C)(C)C1. The molecule has 0 heterocycles. The van der Waals surface area contributed by atoms with Crippen LogP contribution in [-0.2, 0) is 9.59 Å². The van der Waals surface area contributed by atoms with Crippen LogP contribution >= 0.6 is 0 Å². The molecule has 4 heteroatoms. The van der Waals surface area contributed by atoms with E-state index in [9.17, 15) is 9.59 Å². The number of ketones is 1. The van der Waals surface area contributed by atoms with Crippen LogP contribution < -0.4 is 5.32 Å². The molecule has 106 valence electrons. The Kier molecular flexibility index (Phi) is 5.11. The van der Waals surface area contributed by atoms with Crippen molar-refractivity contribution in [3.05, 3.63) is 0 Å². The third kappa shape index (κ3) is 4.34. The number of nitrogens with zero attached hydrogens (tertiary/aromatic N) is 1. The highest BCUT2D eigenvalue weighted by atomic mass is 16.2. The molecule has 0 spiro atoms. The van der Waals surface area contributed by atoms with Crippen LogP contribution in [0.2, 0.25) is 0 Å². The Morgan fingerprint density at radius 3 is 2.53 bits per heavy atom. The highest BCUT2D eigenvalue weighted by Gasteiger charge is 2.35. The van der Waals surface area contributed by atoms with Gasteiger partial charge in [-0.1, -0.05) is 20.8 Å². The predicted octanol–water partition coefficient (Wildman–Crippen LogP) is 2.29. The number of amides is 1. The zero-order valence-corrected chi connectivity index (χ0v) is 12.3. The first-order valence-electron chi connectivity index (χ1n) is 6.93. The number of rotatable bonds is 4. The van der Waals surface area contributed by atoms with E-state index in [0.717, 1.165) is 12.8 Å². The number of carbonyl (C=O) groups is 2. The summed E-state index contributed by atoms with van der Waals surface area (Å²) in [6.45, 7) is 6.65. The summed E-state index contributed by atoms with van der Waals surface area (Å²) >= 11 is 0. The van der Waals surface area contributed by atoms with Crippen LogP contribution in [0, 0.1) is 34.5 Å². The standard InChI is InChI=1S/C15H24N2O2/c1-10-5-11(8-15(2,3)7-10)6-13(18)12(9-16)14(19)17-4/h10-12H,5-8H2,1-4H3,(H,17,19)/t10-,11-,12+/m0/s1. The fourth-order valence-electron chi connectivity index (χ4n) is 3.52. The molecule has 0 radical (unpaired) electrons. The summed E-state index contributed by atoms with van der Waals surface area (Å²) in [4.78, 5) is 23.5. The number of Topliss-reactive ketones (excluding diaryl/α,β-unsaturated/α-hetero) is 1. The molecule has 1 aliphatic carbocycles. The van der Waals surface area contributed by atoms with E-state index in [0.29, 0.717) is 18.3 Å².